The average Bonchev–Trinajstić information content (AvgIpc) is 2.48. The molecule has 3 aromatic rings. The number of fused-ring (bicyclic) bond motifs is 1. The predicted molar refractivity (Wildman–Crippen MR) is 78.3 cm³/mol. The van der Waals surface area contributed by atoms with Crippen molar-refractivity contribution in [3.8, 4) is 11.6 Å². The first-order valence-electron chi connectivity index (χ1n) is 6.18. The third kappa shape index (κ3) is 2.18. The standard InChI is InChI=1S/C15H12ClN3O/c1-9-10(2)15(19-18-14(9)16)20-12-7-3-5-11-6-4-8-17-13(11)12/h3-8H,1-2H3. The zero-order chi connectivity index (χ0) is 14.1. The van der Waals surface area contributed by atoms with Crippen molar-refractivity contribution in [3.05, 3.63) is 52.8 Å². The molecule has 5 heteroatoms. The van der Waals surface area contributed by atoms with Gasteiger partial charge in [0.2, 0.25) is 5.88 Å². The Morgan fingerprint density at radius 3 is 2.65 bits per heavy atom. The van der Waals surface area contributed by atoms with Gasteiger partial charge >= 0.3 is 0 Å². The van der Waals surface area contributed by atoms with E-state index in [0.29, 0.717) is 16.8 Å². The van der Waals surface area contributed by atoms with Crippen molar-refractivity contribution in [2.24, 2.45) is 0 Å². The van der Waals surface area contributed by atoms with Crippen LogP contribution < -0.4 is 4.74 Å². The first kappa shape index (κ1) is 12.8. The molecule has 20 heavy (non-hydrogen) atoms. The van der Waals surface area contributed by atoms with Crippen molar-refractivity contribution in [3.63, 3.8) is 0 Å². The molecule has 0 spiro atoms. The van der Waals surface area contributed by atoms with E-state index in [9.17, 15) is 0 Å². The largest absolute Gasteiger partial charge is 0.435 e. The second kappa shape index (κ2) is 5.06. The van der Waals surface area contributed by atoms with Gasteiger partial charge in [0.25, 0.3) is 0 Å². The Bertz CT molecular complexity index is 784. The Balaban J connectivity index is 2.08. The van der Waals surface area contributed by atoms with E-state index < -0.39 is 0 Å². The SMILES string of the molecule is Cc1c(Cl)nnc(Oc2cccc3cccnc23)c1C. The van der Waals surface area contributed by atoms with Crippen molar-refractivity contribution in [2.45, 2.75) is 13.8 Å². The van der Waals surface area contributed by atoms with E-state index in [-0.39, 0.29) is 0 Å². The molecule has 0 unspecified atom stereocenters. The molecule has 3 rings (SSSR count). The lowest BCUT2D eigenvalue weighted by Gasteiger charge is -2.10. The van der Waals surface area contributed by atoms with Crippen molar-refractivity contribution in [1.82, 2.24) is 15.2 Å². The van der Waals surface area contributed by atoms with Crippen molar-refractivity contribution < 1.29 is 4.74 Å². The van der Waals surface area contributed by atoms with Crippen LogP contribution in [0.15, 0.2) is 36.5 Å². The molecular formula is C15H12ClN3O. The number of nitrogens with zero attached hydrogens (tertiary/aromatic N) is 3. The Hall–Kier alpha value is -2.20. The molecule has 0 saturated carbocycles. The summed E-state index contributed by atoms with van der Waals surface area (Å²) in [6.07, 6.45) is 1.74. The highest BCUT2D eigenvalue weighted by molar-refractivity contribution is 6.30. The number of aromatic nitrogens is 3. The summed E-state index contributed by atoms with van der Waals surface area (Å²) in [4.78, 5) is 4.35. The van der Waals surface area contributed by atoms with E-state index in [1.165, 1.54) is 0 Å². The zero-order valence-electron chi connectivity index (χ0n) is 11.1. The third-order valence-electron chi connectivity index (χ3n) is 3.22. The summed E-state index contributed by atoms with van der Waals surface area (Å²) in [5.74, 6) is 1.10. The number of hydrogen-bond donors (Lipinski definition) is 0. The average molecular weight is 286 g/mol. The predicted octanol–water partition coefficient (Wildman–Crippen LogP) is 4.09. The number of benzene rings is 1. The van der Waals surface area contributed by atoms with Crippen LogP contribution in [0.5, 0.6) is 11.6 Å². The second-order valence-electron chi connectivity index (χ2n) is 4.48. The Morgan fingerprint density at radius 2 is 1.80 bits per heavy atom. The van der Waals surface area contributed by atoms with E-state index in [4.69, 9.17) is 16.3 Å². The monoisotopic (exact) mass is 285 g/mol. The fraction of sp³-hybridized carbons (Fsp3) is 0.133. The summed E-state index contributed by atoms with van der Waals surface area (Å²) in [6, 6.07) is 9.65. The normalized spacial score (nSPS) is 10.8. The van der Waals surface area contributed by atoms with Crippen molar-refractivity contribution in [1.29, 1.82) is 0 Å². The first-order valence-corrected chi connectivity index (χ1v) is 6.55. The lowest BCUT2D eigenvalue weighted by atomic mass is 10.2. The fourth-order valence-corrected chi connectivity index (χ4v) is 2.09. The van der Waals surface area contributed by atoms with Gasteiger partial charge < -0.3 is 4.74 Å². The molecule has 2 heterocycles. The molecule has 0 amide bonds. The molecule has 2 aromatic heterocycles. The maximum Gasteiger partial charge on any atom is 0.242 e. The molecular weight excluding hydrogens is 274 g/mol. The van der Waals surface area contributed by atoms with Gasteiger partial charge in [-0.25, -0.2) is 0 Å². The highest BCUT2D eigenvalue weighted by Crippen LogP contribution is 2.30. The Morgan fingerprint density at radius 1 is 1.00 bits per heavy atom. The molecule has 4 nitrogen and oxygen atoms in total. The van der Waals surface area contributed by atoms with E-state index >= 15 is 0 Å². The lowest BCUT2D eigenvalue weighted by Crippen LogP contribution is -1.98. The van der Waals surface area contributed by atoms with Crippen LogP contribution in [0, 0.1) is 13.8 Å². The van der Waals surface area contributed by atoms with Gasteiger partial charge in [-0.2, -0.15) is 0 Å². The highest BCUT2D eigenvalue weighted by atomic mass is 35.5. The maximum absolute atomic E-state index is 5.94. The number of para-hydroxylation sites is 1. The molecule has 1 aromatic carbocycles. The minimum absolute atomic E-state index is 0.394. The minimum atomic E-state index is 0.394. The topological polar surface area (TPSA) is 47.9 Å². The quantitative estimate of drug-likeness (QED) is 0.711. The van der Waals surface area contributed by atoms with E-state index in [2.05, 4.69) is 15.2 Å². The molecule has 0 radical (unpaired) electrons. The molecule has 0 N–H and O–H groups in total. The zero-order valence-corrected chi connectivity index (χ0v) is 11.8. The van der Waals surface area contributed by atoms with E-state index in [1.54, 1.807) is 6.20 Å². The number of halogens is 1. The first-order chi connectivity index (χ1) is 9.66. The van der Waals surface area contributed by atoms with E-state index in [0.717, 1.165) is 22.0 Å². The Kier molecular flexibility index (Phi) is 3.24. The molecule has 0 aliphatic heterocycles. The number of ether oxygens (including phenoxy) is 1. The molecule has 0 fully saturated rings. The molecule has 0 aliphatic carbocycles. The fourth-order valence-electron chi connectivity index (χ4n) is 1.91. The molecule has 100 valence electrons. The van der Waals surface area contributed by atoms with Gasteiger partial charge in [0.1, 0.15) is 5.52 Å². The van der Waals surface area contributed by atoms with Crippen LogP contribution in [0.4, 0.5) is 0 Å². The van der Waals surface area contributed by atoms with Crippen molar-refractivity contribution >= 4 is 22.5 Å². The number of pyridine rings is 1. The lowest BCUT2D eigenvalue weighted by molar-refractivity contribution is 0.454. The molecule has 0 bridgehead atoms. The van der Waals surface area contributed by atoms with Gasteiger partial charge in [0, 0.05) is 17.1 Å². The number of hydrogen-bond acceptors (Lipinski definition) is 4. The maximum atomic E-state index is 5.94. The number of rotatable bonds is 2. The van der Waals surface area contributed by atoms with Gasteiger partial charge in [-0.15, -0.1) is 10.2 Å². The molecule has 0 atom stereocenters. The second-order valence-corrected chi connectivity index (χ2v) is 4.84. The smallest absolute Gasteiger partial charge is 0.242 e. The summed E-state index contributed by atoms with van der Waals surface area (Å²) in [5.41, 5.74) is 2.53. The third-order valence-corrected chi connectivity index (χ3v) is 3.58. The van der Waals surface area contributed by atoms with Crippen LogP contribution in [0.2, 0.25) is 5.15 Å². The minimum Gasteiger partial charge on any atom is -0.435 e. The summed E-state index contributed by atoms with van der Waals surface area (Å²) >= 11 is 5.94. The van der Waals surface area contributed by atoms with Gasteiger partial charge in [-0.05, 0) is 31.5 Å². The Labute approximate surface area is 121 Å². The summed E-state index contributed by atoms with van der Waals surface area (Å²) in [7, 11) is 0. The van der Waals surface area contributed by atoms with Gasteiger partial charge in [0.15, 0.2) is 10.9 Å². The van der Waals surface area contributed by atoms with Gasteiger partial charge in [-0.3, -0.25) is 4.98 Å². The van der Waals surface area contributed by atoms with Crippen LogP contribution in [0.3, 0.4) is 0 Å². The molecule has 0 saturated heterocycles. The van der Waals surface area contributed by atoms with Crippen LogP contribution >= 0.6 is 11.6 Å². The summed E-state index contributed by atoms with van der Waals surface area (Å²) < 4.78 is 5.86. The van der Waals surface area contributed by atoms with Gasteiger partial charge in [0.05, 0.1) is 0 Å². The molecule has 0 aliphatic rings. The summed E-state index contributed by atoms with van der Waals surface area (Å²) in [6.45, 7) is 3.80. The van der Waals surface area contributed by atoms with Crippen molar-refractivity contribution in [2.75, 3.05) is 0 Å². The van der Waals surface area contributed by atoms with E-state index in [1.807, 2.05) is 44.2 Å². The van der Waals surface area contributed by atoms with Gasteiger partial charge in [-0.1, -0.05) is 29.8 Å². The van der Waals surface area contributed by atoms with Crippen LogP contribution in [-0.4, -0.2) is 15.2 Å². The van der Waals surface area contributed by atoms with Crippen LogP contribution in [0.25, 0.3) is 10.9 Å². The van der Waals surface area contributed by atoms with Crippen LogP contribution in [-0.2, 0) is 0 Å². The highest BCUT2D eigenvalue weighted by Gasteiger charge is 2.12. The summed E-state index contributed by atoms with van der Waals surface area (Å²) in [5, 5.41) is 9.30. The van der Waals surface area contributed by atoms with Crippen LogP contribution in [0.1, 0.15) is 11.1 Å².